The van der Waals surface area contributed by atoms with Crippen LogP contribution in [-0.2, 0) is 0 Å². The number of nitrogens with zero attached hydrogens (tertiary/aromatic N) is 3. The number of hydrogen-bond acceptors (Lipinski definition) is 3. The van der Waals surface area contributed by atoms with Crippen LogP contribution in [0.4, 0.5) is 0 Å². The van der Waals surface area contributed by atoms with E-state index < -0.39 is 0 Å². The molecule has 10 heavy (non-hydrogen) atoms. The van der Waals surface area contributed by atoms with Gasteiger partial charge in [0, 0.05) is 13.1 Å². The van der Waals surface area contributed by atoms with Gasteiger partial charge in [0.15, 0.2) is 5.62 Å². The Bertz CT molecular complexity index is 146. The summed E-state index contributed by atoms with van der Waals surface area (Å²) < 4.78 is 0. The van der Waals surface area contributed by atoms with Crippen LogP contribution in [0.15, 0.2) is 5.10 Å². The molecule has 0 aromatic carbocycles. The standard InChI is InChI=1S/C6H12ClN3/c1-5(2)10-6(7)9(3)4-8-10/h4-6H,1-3H3. The Morgan fingerprint density at radius 3 is 2.40 bits per heavy atom. The van der Waals surface area contributed by atoms with Crippen LogP contribution in [0, 0.1) is 0 Å². The first kappa shape index (κ1) is 7.66. The van der Waals surface area contributed by atoms with Gasteiger partial charge in [-0.1, -0.05) is 11.6 Å². The van der Waals surface area contributed by atoms with Crippen LogP contribution in [-0.4, -0.2) is 35.0 Å². The van der Waals surface area contributed by atoms with E-state index in [9.17, 15) is 0 Å². The average Bonchev–Trinajstić information content (AvgIpc) is 2.14. The Hall–Kier alpha value is -0.440. The smallest absolute Gasteiger partial charge is 0.195 e. The summed E-state index contributed by atoms with van der Waals surface area (Å²) in [6, 6.07) is 0.365. The van der Waals surface area contributed by atoms with Crippen LogP contribution in [0.25, 0.3) is 0 Å². The quantitative estimate of drug-likeness (QED) is 0.424. The normalized spacial score (nSPS) is 25.1. The van der Waals surface area contributed by atoms with Crippen molar-refractivity contribution in [3.63, 3.8) is 0 Å². The van der Waals surface area contributed by atoms with E-state index in [4.69, 9.17) is 11.6 Å². The molecular formula is C6H12ClN3. The van der Waals surface area contributed by atoms with Gasteiger partial charge in [-0.3, -0.25) is 5.01 Å². The van der Waals surface area contributed by atoms with E-state index in [1.807, 2.05) is 17.0 Å². The zero-order valence-corrected chi connectivity index (χ0v) is 7.21. The zero-order chi connectivity index (χ0) is 7.72. The molecule has 1 aliphatic rings. The van der Waals surface area contributed by atoms with E-state index in [0.717, 1.165) is 0 Å². The van der Waals surface area contributed by atoms with E-state index >= 15 is 0 Å². The number of alkyl halides is 1. The number of rotatable bonds is 1. The fraction of sp³-hybridized carbons (Fsp3) is 0.833. The van der Waals surface area contributed by atoms with E-state index in [1.165, 1.54) is 0 Å². The van der Waals surface area contributed by atoms with Gasteiger partial charge in [0.2, 0.25) is 0 Å². The minimum absolute atomic E-state index is 0.111. The lowest BCUT2D eigenvalue weighted by Crippen LogP contribution is -2.36. The topological polar surface area (TPSA) is 18.8 Å². The molecule has 4 heteroatoms. The van der Waals surface area contributed by atoms with E-state index in [2.05, 4.69) is 18.9 Å². The first-order chi connectivity index (χ1) is 4.63. The Morgan fingerprint density at radius 1 is 1.60 bits per heavy atom. The predicted molar refractivity (Wildman–Crippen MR) is 42.9 cm³/mol. The van der Waals surface area contributed by atoms with Crippen molar-refractivity contribution in [3.05, 3.63) is 0 Å². The second-order valence-electron chi connectivity index (χ2n) is 2.68. The molecule has 0 aromatic rings. The molecule has 0 aliphatic carbocycles. The third-order valence-electron chi connectivity index (χ3n) is 1.45. The number of halogens is 1. The molecule has 1 atom stereocenters. The van der Waals surface area contributed by atoms with Crippen molar-refractivity contribution in [1.29, 1.82) is 0 Å². The summed E-state index contributed by atoms with van der Waals surface area (Å²) >= 11 is 5.95. The average molecular weight is 162 g/mol. The molecule has 0 fully saturated rings. The number of hydrogen-bond donors (Lipinski definition) is 0. The molecule has 1 heterocycles. The molecule has 0 spiro atoms. The SMILES string of the molecule is CC(C)N1N=CN(C)C1Cl. The van der Waals surface area contributed by atoms with Crippen molar-refractivity contribution in [2.24, 2.45) is 5.10 Å². The van der Waals surface area contributed by atoms with Gasteiger partial charge in [-0.15, -0.1) is 0 Å². The van der Waals surface area contributed by atoms with Gasteiger partial charge < -0.3 is 4.90 Å². The molecular weight excluding hydrogens is 150 g/mol. The minimum Gasteiger partial charge on any atom is -0.330 e. The van der Waals surface area contributed by atoms with E-state index in [0.29, 0.717) is 6.04 Å². The van der Waals surface area contributed by atoms with Crippen LogP contribution < -0.4 is 0 Å². The maximum Gasteiger partial charge on any atom is 0.195 e. The third kappa shape index (κ3) is 1.19. The van der Waals surface area contributed by atoms with Crippen LogP contribution in [0.1, 0.15) is 13.8 Å². The summed E-state index contributed by atoms with van der Waals surface area (Å²) in [6.07, 6.45) is 1.73. The second-order valence-corrected chi connectivity index (χ2v) is 3.07. The first-order valence-corrected chi connectivity index (χ1v) is 3.75. The lowest BCUT2D eigenvalue weighted by atomic mass is 10.4. The van der Waals surface area contributed by atoms with Crippen molar-refractivity contribution < 1.29 is 0 Å². The van der Waals surface area contributed by atoms with E-state index in [-0.39, 0.29) is 5.62 Å². The largest absolute Gasteiger partial charge is 0.330 e. The highest BCUT2D eigenvalue weighted by Crippen LogP contribution is 2.16. The monoisotopic (exact) mass is 161 g/mol. The summed E-state index contributed by atoms with van der Waals surface area (Å²) in [6.45, 7) is 4.12. The van der Waals surface area contributed by atoms with Crippen molar-refractivity contribution in [2.45, 2.75) is 25.5 Å². The molecule has 58 valence electrons. The van der Waals surface area contributed by atoms with Crippen molar-refractivity contribution >= 4 is 17.9 Å². The summed E-state index contributed by atoms with van der Waals surface area (Å²) in [5.74, 6) is 0. The van der Waals surface area contributed by atoms with Gasteiger partial charge in [-0.2, -0.15) is 5.10 Å². The summed E-state index contributed by atoms with van der Waals surface area (Å²) in [4.78, 5) is 1.86. The summed E-state index contributed by atoms with van der Waals surface area (Å²) in [5.41, 5.74) is -0.111. The van der Waals surface area contributed by atoms with Crippen LogP contribution in [0.2, 0.25) is 0 Å². The Morgan fingerprint density at radius 2 is 2.20 bits per heavy atom. The van der Waals surface area contributed by atoms with Gasteiger partial charge in [0.1, 0.15) is 6.34 Å². The molecule has 1 unspecified atom stereocenters. The Labute approximate surface area is 66.2 Å². The van der Waals surface area contributed by atoms with Gasteiger partial charge in [-0.25, -0.2) is 0 Å². The first-order valence-electron chi connectivity index (χ1n) is 3.31. The second kappa shape index (κ2) is 2.66. The van der Waals surface area contributed by atoms with Crippen LogP contribution in [0.5, 0.6) is 0 Å². The predicted octanol–water partition coefficient (Wildman–Crippen LogP) is 1.11. The van der Waals surface area contributed by atoms with Crippen LogP contribution in [0.3, 0.4) is 0 Å². The molecule has 0 N–H and O–H groups in total. The highest BCUT2D eigenvalue weighted by atomic mass is 35.5. The highest BCUT2D eigenvalue weighted by Gasteiger charge is 2.24. The summed E-state index contributed by atoms with van der Waals surface area (Å²) in [7, 11) is 1.91. The molecule has 1 aliphatic heterocycles. The van der Waals surface area contributed by atoms with Gasteiger partial charge in [-0.05, 0) is 13.8 Å². The minimum atomic E-state index is -0.111. The molecule has 0 saturated carbocycles. The van der Waals surface area contributed by atoms with Crippen molar-refractivity contribution in [1.82, 2.24) is 9.91 Å². The number of hydrazone groups is 1. The fourth-order valence-electron chi connectivity index (χ4n) is 0.817. The van der Waals surface area contributed by atoms with Crippen molar-refractivity contribution in [2.75, 3.05) is 7.05 Å². The van der Waals surface area contributed by atoms with Gasteiger partial charge in [0.25, 0.3) is 0 Å². The maximum absolute atomic E-state index is 5.95. The molecule has 3 nitrogen and oxygen atoms in total. The van der Waals surface area contributed by atoms with E-state index in [1.54, 1.807) is 6.34 Å². The fourth-order valence-corrected chi connectivity index (χ4v) is 1.14. The molecule has 0 amide bonds. The zero-order valence-electron chi connectivity index (χ0n) is 6.45. The summed E-state index contributed by atoms with van der Waals surface area (Å²) in [5, 5.41) is 5.95. The Balaban J connectivity index is 2.58. The highest BCUT2D eigenvalue weighted by molar-refractivity contribution is 6.20. The van der Waals surface area contributed by atoms with Crippen LogP contribution >= 0.6 is 11.6 Å². The molecule has 1 rings (SSSR count). The molecule has 0 radical (unpaired) electrons. The molecule has 0 saturated heterocycles. The molecule has 0 aromatic heterocycles. The Kier molecular flexibility index (Phi) is 2.04. The molecule has 0 bridgehead atoms. The van der Waals surface area contributed by atoms with Gasteiger partial charge in [0.05, 0.1) is 0 Å². The lowest BCUT2D eigenvalue weighted by molar-refractivity contribution is 0.174. The lowest BCUT2D eigenvalue weighted by Gasteiger charge is -2.25. The van der Waals surface area contributed by atoms with Crippen molar-refractivity contribution in [3.8, 4) is 0 Å². The third-order valence-corrected chi connectivity index (χ3v) is 1.96. The maximum atomic E-state index is 5.95. The van der Waals surface area contributed by atoms with Gasteiger partial charge >= 0.3 is 0 Å².